The summed E-state index contributed by atoms with van der Waals surface area (Å²) in [5.41, 5.74) is 2.02. The number of fused-ring (bicyclic) bond motifs is 1. The van der Waals surface area contributed by atoms with E-state index in [4.69, 9.17) is 16.0 Å². The number of hydrogen-bond donors (Lipinski definition) is 1. The van der Waals surface area contributed by atoms with Crippen molar-refractivity contribution in [3.05, 3.63) is 75.6 Å². The Hall–Kier alpha value is -2.26. The molecule has 20 heavy (non-hydrogen) atoms. The summed E-state index contributed by atoms with van der Waals surface area (Å²) in [6.45, 7) is 0.412. The van der Waals surface area contributed by atoms with Gasteiger partial charge >= 0.3 is 0 Å². The van der Waals surface area contributed by atoms with Gasteiger partial charge in [-0.1, -0.05) is 29.8 Å². The molecule has 2 aromatic carbocycles. The SMILES string of the molecule is O=c1c(CNc2ccccc2)coc2ccc(Cl)cc12. The fourth-order valence-corrected chi connectivity index (χ4v) is 2.19. The van der Waals surface area contributed by atoms with Crippen molar-refractivity contribution in [1.29, 1.82) is 0 Å². The zero-order chi connectivity index (χ0) is 13.9. The first kappa shape index (κ1) is 12.8. The van der Waals surface area contributed by atoms with Crippen molar-refractivity contribution in [3.8, 4) is 0 Å². The van der Waals surface area contributed by atoms with Gasteiger partial charge in [-0.3, -0.25) is 4.79 Å². The minimum absolute atomic E-state index is 0.0582. The quantitative estimate of drug-likeness (QED) is 0.789. The molecule has 4 heteroatoms. The van der Waals surface area contributed by atoms with E-state index in [1.165, 1.54) is 6.26 Å². The van der Waals surface area contributed by atoms with Gasteiger partial charge in [0.2, 0.25) is 0 Å². The summed E-state index contributed by atoms with van der Waals surface area (Å²) in [7, 11) is 0. The molecule has 1 N–H and O–H groups in total. The molecule has 0 amide bonds. The van der Waals surface area contributed by atoms with Gasteiger partial charge in [0.05, 0.1) is 17.2 Å². The molecule has 0 atom stereocenters. The maximum absolute atomic E-state index is 12.3. The molecule has 3 nitrogen and oxygen atoms in total. The van der Waals surface area contributed by atoms with Crippen LogP contribution in [0.15, 0.2) is 64.0 Å². The Morgan fingerprint density at radius 2 is 1.90 bits per heavy atom. The van der Waals surface area contributed by atoms with Gasteiger partial charge in [-0.2, -0.15) is 0 Å². The lowest BCUT2D eigenvalue weighted by Gasteiger charge is -2.06. The molecule has 1 aromatic heterocycles. The van der Waals surface area contributed by atoms with Crippen molar-refractivity contribution >= 4 is 28.3 Å². The van der Waals surface area contributed by atoms with E-state index in [2.05, 4.69) is 5.32 Å². The van der Waals surface area contributed by atoms with E-state index < -0.39 is 0 Å². The van der Waals surface area contributed by atoms with Gasteiger partial charge in [0.15, 0.2) is 5.43 Å². The Labute approximate surface area is 120 Å². The summed E-state index contributed by atoms with van der Waals surface area (Å²) in [5.74, 6) is 0. The molecular weight excluding hydrogens is 274 g/mol. The third-order valence-electron chi connectivity index (χ3n) is 3.06. The van der Waals surface area contributed by atoms with Crippen LogP contribution in [-0.2, 0) is 6.54 Å². The van der Waals surface area contributed by atoms with E-state index in [0.29, 0.717) is 28.1 Å². The highest BCUT2D eigenvalue weighted by Crippen LogP contribution is 2.17. The van der Waals surface area contributed by atoms with Crippen LogP contribution in [0.1, 0.15) is 5.56 Å². The summed E-state index contributed by atoms with van der Waals surface area (Å²) in [6.07, 6.45) is 1.49. The van der Waals surface area contributed by atoms with Crippen LogP contribution < -0.4 is 10.7 Å². The molecule has 3 rings (SSSR count). The number of halogens is 1. The average molecular weight is 286 g/mol. The average Bonchev–Trinajstić information content (AvgIpc) is 2.48. The molecule has 100 valence electrons. The van der Waals surface area contributed by atoms with E-state index in [1.807, 2.05) is 30.3 Å². The summed E-state index contributed by atoms with van der Waals surface area (Å²) in [6, 6.07) is 14.7. The van der Waals surface area contributed by atoms with Crippen LogP contribution >= 0.6 is 11.6 Å². The molecule has 0 radical (unpaired) electrons. The largest absolute Gasteiger partial charge is 0.464 e. The standard InChI is InChI=1S/C16H12ClNO2/c17-12-6-7-15-14(8-12)16(19)11(10-20-15)9-18-13-4-2-1-3-5-13/h1-8,10,18H,9H2. The number of para-hydroxylation sites is 1. The molecule has 3 aromatic rings. The fraction of sp³-hybridized carbons (Fsp3) is 0.0625. The Morgan fingerprint density at radius 3 is 2.70 bits per heavy atom. The second-order valence-electron chi connectivity index (χ2n) is 4.45. The first-order valence-corrected chi connectivity index (χ1v) is 6.61. The van der Waals surface area contributed by atoms with Gasteiger partial charge in [0.25, 0.3) is 0 Å². The van der Waals surface area contributed by atoms with E-state index >= 15 is 0 Å². The number of anilines is 1. The Kier molecular flexibility index (Phi) is 3.44. The lowest BCUT2D eigenvalue weighted by molar-refractivity contribution is 0.594. The van der Waals surface area contributed by atoms with E-state index in [-0.39, 0.29) is 5.43 Å². The highest BCUT2D eigenvalue weighted by Gasteiger charge is 2.07. The highest BCUT2D eigenvalue weighted by molar-refractivity contribution is 6.31. The number of benzene rings is 2. The lowest BCUT2D eigenvalue weighted by Crippen LogP contribution is -2.12. The Balaban J connectivity index is 1.92. The molecule has 0 fully saturated rings. The third-order valence-corrected chi connectivity index (χ3v) is 3.30. The fourth-order valence-electron chi connectivity index (χ4n) is 2.02. The smallest absolute Gasteiger partial charge is 0.197 e. The maximum atomic E-state index is 12.3. The Bertz CT molecular complexity index is 796. The molecule has 0 aliphatic heterocycles. The first-order chi connectivity index (χ1) is 9.74. The van der Waals surface area contributed by atoms with Crippen molar-refractivity contribution < 1.29 is 4.42 Å². The van der Waals surface area contributed by atoms with Crippen LogP contribution in [-0.4, -0.2) is 0 Å². The normalized spacial score (nSPS) is 10.7. The zero-order valence-corrected chi connectivity index (χ0v) is 11.4. The monoisotopic (exact) mass is 285 g/mol. The minimum atomic E-state index is -0.0582. The van der Waals surface area contributed by atoms with Gasteiger partial charge in [-0.05, 0) is 30.3 Å². The second kappa shape index (κ2) is 5.39. The van der Waals surface area contributed by atoms with Crippen molar-refractivity contribution in [2.24, 2.45) is 0 Å². The minimum Gasteiger partial charge on any atom is -0.464 e. The number of hydrogen-bond acceptors (Lipinski definition) is 3. The zero-order valence-electron chi connectivity index (χ0n) is 10.6. The molecule has 0 saturated heterocycles. The molecule has 0 bridgehead atoms. The molecule has 1 heterocycles. The second-order valence-corrected chi connectivity index (χ2v) is 4.89. The summed E-state index contributed by atoms with van der Waals surface area (Å²) < 4.78 is 5.47. The summed E-state index contributed by atoms with van der Waals surface area (Å²) in [5, 5.41) is 4.22. The van der Waals surface area contributed by atoms with Gasteiger partial charge in [0, 0.05) is 17.3 Å². The van der Waals surface area contributed by atoms with E-state index in [9.17, 15) is 4.79 Å². The first-order valence-electron chi connectivity index (χ1n) is 6.23. The maximum Gasteiger partial charge on any atom is 0.197 e. The number of rotatable bonds is 3. The van der Waals surface area contributed by atoms with Gasteiger partial charge in [0.1, 0.15) is 5.58 Å². The molecule has 0 aliphatic rings. The lowest BCUT2D eigenvalue weighted by atomic mass is 10.1. The van der Waals surface area contributed by atoms with Crippen LogP contribution in [0.25, 0.3) is 11.0 Å². The van der Waals surface area contributed by atoms with Crippen molar-refractivity contribution in [2.75, 3.05) is 5.32 Å². The van der Waals surface area contributed by atoms with Crippen molar-refractivity contribution in [1.82, 2.24) is 0 Å². The summed E-state index contributed by atoms with van der Waals surface area (Å²) >= 11 is 5.92. The molecule has 0 saturated carbocycles. The van der Waals surface area contributed by atoms with E-state index in [1.54, 1.807) is 18.2 Å². The van der Waals surface area contributed by atoms with Crippen LogP contribution in [0, 0.1) is 0 Å². The Morgan fingerprint density at radius 1 is 1.10 bits per heavy atom. The van der Waals surface area contributed by atoms with Crippen LogP contribution in [0.2, 0.25) is 5.02 Å². The molecule has 0 aliphatic carbocycles. The van der Waals surface area contributed by atoms with Gasteiger partial charge in [-0.15, -0.1) is 0 Å². The van der Waals surface area contributed by atoms with Crippen LogP contribution in [0.3, 0.4) is 0 Å². The van der Waals surface area contributed by atoms with Gasteiger partial charge < -0.3 is 9.73 Å². The van der Waals surface area contributed by atoms with E-state index in [0.717, 1.165) is 5.69 Å². The predicted octanol–water partition coefficient (Wildman–Crippen LogP) is 4.06. The van der Waals surface area contributed by atoms with Crippen LogP contribution in [0.4, 0.5) is 5.69 Å². The topological polar surface area (TPSA) is 42.2 Å². The predicted molar refractivity (Wildman–Crippen MR) is 81.3 cm³/mol. The van der Waals surface area contributed by atoms with Crippen molar-refractivity contribution in [3.63, 3.8) is 0 Å². The highest BCUT2D eigenvalue weighted by atomic mass is 35.5. The summed E-state index contributed by atoms with van der Waals surface area (Å²) in [4.78, 5) is 12.3. The van der Waals surface area contributed by atoms with Gasteiger partial charge in [-0.25, -0.2) is 0 Å². The van der Waals surface area contributed by atoms with Crippen molar-refractivity contribution in [2.45, 2.75) is 6.54 Å². The van der Waals surface area contributed by atoms with Crippen LogP contribution in [0.5, 0.6) is 0 Å². The molecular formula is C16H12ClNO2. The number of nitrogens with one attached hydrogen (secondary N) is 1. The molecule has 0 unspecified atom stereocenters. The third kappa shape index (κ3) is 2.53. The molecule has 0 spiro atoms.